The summed E-state index contributed by atoms with van der Waals surface area (Å²) in [4.78, 5) is 13.6. The minimum Gasteiger partial charge on any atom is -0.497 e. The number of benzene rings is 2. The van der Waals surface area contributed by atoms with E-state index < -0.39 is 5.97 Å². The Labute approximate surface area is 153 Å². The number of halogens is 1. The molecule has 1 aliphatic rings. The Bertz CT molecular complexity index is 724. The van der Waals surface area contributed by atoms with Gasteiger partial charge in [0, 0.05) is 5.02 Å². The van der Waals surface area contributed by atoms with Gasteiger partial charge in [-0.3, -0.25) is 9.69 Å². The van der Waals surface area contributed by atoms with Crippen molar-refractivity contribution in [2.45, 2.75) is 18.9 Å². The molecule has 2 aromatic carbocycles. The van der Waals surface area contributed by atoms with E-state index in [-0.39, 0.29) is 12.0 Å². The lowest BCUT2D eigenvalue weighted by Gasteiger charge is -2.37. The molecule has 0 amide bonds. The van der Waals surface area contributed by atoms with Crippen LogP contribution in [0.5, 0.6) is 5.75 Å². The van der Waals surface area contributed by atoms with E-state index in [9.17, 15) is 9.90 Å². The highest BCUT2D eigenvalue weighted by Gasteiger charge is 2.30. The fraction of sp³-hybridized carbons (Fsp3) is 0.350. The molecule has 0 bridgehead atoms. The number of nitrogens with zero attached hydrogens (tertiary/aromatic N) is 1. The summed E-state index contributed by atoms with van der Waals surface area (Å²) in [6.45, 7) is 1.50. The first-order chi connectivity index (χ1) is 12.1. The third-order valence-electron chi connectivity index (χ3n) is 4.84. The Balaban J connectivity index is 1.90. The zero-order valence-electron chi connectivity index (χ0n) is 14.2. The fourth-order valence-corrected chi connectivity index (χ4v) is 3.68. The predicted octanol–water partition coefficient (Wildman–Crippen LogP) is 4.23. The van der Waals surface area contributed by atoms with Gasteiger partial charge in [-0.2, -0.15) is 0 Å². The van der Waals surface area contributed by atoms with Crippen LogP contribution >= 0.6 is 11.6 Å². The number of likely N-dealkylation sites (tertiary alicyclic amines) is 1. The predicted molar refractivity (Wildman–Crippen MR) is 98.2 cm³/mol. The molecule has 0 aliphatic carbocycles. The van der Waals surface area contributed by atoms with E-state index in [1.54, 1.807) is 7.11 Å². The molecule has 0 radical (unpaired) electrons. The van der Waals surface area contributed by atoms with Gasteiger partial charge in [0.05, 0.1) is 19.1 Å². The Morgan fingerprint density at radius 3 is 2.40 bits per heavy atom. The van der Waals surface area contributed by atoms with Gasteiger partial charge in [-0.1, -0.05) is 35.9 Å². The quantitative estimate of drug-likeness (QED) is 0.867. The number of carboxylic acid groups (broad SMARTS) is 1. The van der Waals surface area contributed by atoms with E-state index in [2.05, 4.69) is 23.1 Å². The molecule has 1 fully saturated rings. The zero-order valence-corrected chi connectivity index (χ0v) is 14.9. The Morgan fingerprint density at radius 2 is 1.84 bits per heavy atom. The van der Waals surface area contributed by atoms with Gasteiger partial charge in [0.2, 0.25) is 0 Å². The minimum atomic E-state index is -0.691. The van der Waals surface area contributed by atoms with E-state index >= 15 is 0 Å². The number of aliphatic carboxylic acids is 1. The molecule has 0 saturated carbocycles. The van der Waals surface area contributed by atoms with Crippen LogP contribution in [0.25, 0.3) is 0 Å². The van der Waals surface area contributed by atoms with Crippen molar-refractivity contribution in [2.75, 3.05) is 20.2 Å². The van der Waals surface area contributed by atoms with Crippen LogP contribution < -0.4 is 4.74 Å². The van der Waals surface area contributed by atoms with Crippen LogP contribution in [0.15, 0.2) is 48.5 Å². The number of ether oxygens (including phenoxy) is 1. The van der Waals surface area contributed by atoms with Gasteiger partial charge in [0.25, 0.3) is 0 Å². The topological polar surface area (TPSA) is 49.8 Å². The lowest BCUT2D eigenvalue weighted by atomic mass is 9.91. The normalized spacial score (nSPS) is 17.2. The second kappa shape index (κ2) is 7.89. The highest BCUT2D eigenvalue weighted by molar-refractivity contribution is 6.30. The summed E-state index contributed by atoms with van der Waals surface area (Å²) in [5.74, 6) is -0.117. The number of rotatable bonds is 5. The van der Waals surface area contributed by atoms with Crippen molar-refractivity contribution < 1.29 is 14.6 Å². The van der Waals surface area contributed by atoms with E-state index in [1.807, 2.05) is 30.3 Å². The largest absolute Gasteiger partial charge is 0.497 e. The van der Waals surface area contributed by atoms with Gasteiger partial charge in [-0.05, 0) is 61.3 Å². The fourth-order valence-electron chi connectivity index (χ4n) is 3.48. The first-order valence-electron chi connectivity index (χ1n) is 8.44. The lowest BCUT2D eigenvalue weighted by molar-refractivity contribution is -0.143. The SMILES string of the molecule is COc1ccc(C(c2cccc(Cl)c2)N2CCC(C(=O)O)CC2)cc1. The second-order valence-electron chi connectivity index (χ2n) is 6.38. The summed E-state index contributed by atoms with van der Waals surface area (Å²) in [5, 5.41) is 9.95. The van der Waals surface area contributed by atoms with Crippen molar-refractivity contribution in [1.82, 2.24) is 4.90 Å². The molecule has 1 unspecified atom stereocenters. The van der Waals surface area contributed by atoms with Crippen LogP contribution in [0.2, 0.25) is 5.02 Å². The smallest absolute Gasteiger partial charge is 0.306 e. The summed E-state index contributed by atoms with van der Waals surface area (Å²) < 4.78 is 5.26. The highest BCUT2D eigenvalue weighted by Crippen LogP contribution is 2.34. The number of carboxylic acids is 1. The van der Waals surface area contributed by atoms with Crippen LogP contribution in [-0.2, 0) is 4.79 Å². The monoisotopic (exact) mass is 359 g/mol. The first kappa shape index (κ1) is 17.8. The molecule has 2 aromatic rings. The summed E-state index contributed by atoms with van der Waals surface area (Å²) in [5.41, 5.74) is 2.27. The Morgan fingerprint density at radius 1 is 1.16 bits per heavy atom. The molecule has 1 aliphatic heterocycles. The molecule has 1 atom stereocenters. The minimum absolute atomic E-state index is 0.0550. The third kappa shape index (κ3) is 4.14. The van der Waals surface area contributed by atoms with Crippen LogP contribution in [0.3, 0.4) is 0 Å². The number of hydrogen-bond donors (Lipinski definition) is 1. The summed E-state index contributed by atoms with van der Waals surface area (Å²) in [6.07, 6.45) is 1.34. The van der Waals surface area contributed by atoms with Gasteiger partial charge in [-0.25, -0.2) is 0 Å². The number of hydrogen-bond acceptors (Lipinski definition) is 3. The van der Waals surface area contributed by atoms with Gasteiger partial charge < -0.3 is 9.84 Å². The van der Waals surface area contributed by atoms with Crippen molar-refractivity contribution in [3.63, 3.8) is 0 Å². The molecule has 4 nitrogen and oxygen atoms in total. The first-order valence-corrected chi connectivity index (χ1v) is 8.82. The van der Waals surface area contributed by atoms with E-state index in [0.29, 0.717) is 17.9 Å². The van der Waals surface area contributed by atoms with Crippen LogP contribution in [0.1, 0.15) is 30.0 Å². The molecule has 1 heterocycles. The van der Waals surface area contributed by atoms with Crippen molar-refractivity contribution in [2.24, 2.45) is 5.92 Å². The maximum Gasteiger partial charge on any atom is 0.306 e. The second-order valence-corrected chi connectivity index (χ2v) is 6.82. The van der Waals surface area contributed by atoms with Gasteiger partial charge in [0.1, 0.15) is 5.75 Å². The van der Waals surface area contributed by atoms with E-state index in [1.165, 1.54) is 0 Å². The summed E-state index contributed by atoms with van der Waals surface area (Å²) >= 11 is 6.21. The Kier molecular flexibility index (Phi) is 5.61. The van der Waals surface area contributed by atoms with Crippen molar-refractivity contribution in [1.29, 1.82) is 0 Å². The molecule has 3 rings (SSSR count). The molecule has 1 N–H and O–H groups in total. The molecule has 1 saturated heterocycles. The van der Waals surface area contributed by atoms with Crippen LogP contribution in [-0.4, -0.2) is 36.2 Å². The maximum absolute atomic E-state index is 11.2. The Hall–Kier alpha value is -2.04. The average Bonchev–Trinajstić information content (AvgIpc) is 2.63. The van der Waals surface area contributed by atoms with Gasteiger partial charge in [0.15, 0.2) is 0 Å². The van der Waals surface area contributed by atoms with Gasteiger partial charge >= 0.3 is 5.97 Å². The molecular weight excluding hydrogens is 338 g/mol. The zero-order chi connectivity index (χ0) is 17.8. The molecular formula is C20H22ClNO3. The van der Waals surface area contributed by atoms with Crippen molar-refractivity contribution >= 4 is 17.6 Å². The summed E-state index contributed by atoms with van der Waals surface area (Å²) in [7, 11) is 1.65. The molecule has 132 valence electrons. The van der Waals surface area contributed by atoms with E-state index in [0.717, 1.165) is 30.0 Å². The number of carbonyl (C=O) groups is 1. The summed E-state index contributed by atoms with van der Waals surface area (Å²) in [6, 6.07) is 16.0. The van der Waals surface area contributed by atoms with Gasteiger partial charge in [-0.15, -0.1) is 0 Å². The van der Waals surface area contributed by atoms with Crippen molar-refractivity contribution in [3.8, 4) is 5.75 Å². The van der Waals surface area contributed by atoms with Crippen LogP contribution in [0, 0.1) is 5.92 Å². The molecule has 0 spiro atoms. The lowest BCUT2D eigenvalue weighted by Crippen LogP contribution is -2.39. The molecule has 0 aromatic heterocycles. The van der Waals surface area contributed by atoms with Crippen LogP contribution in [0.4, 0.5) is 0 Å². The third-order valence-corrected chi connectivity index (χ3v) is 5.07. The number of methoxy groups -OCH3 is 1. The van der Waals surface area contributed by atoms with E-state index in [4.69, 9.17) is 16.3 Å². The highest BCUT2D eigenvalue weighted by atomic mass is 35.5. The molecule has 5 heteroatoms. The maximum atomic E-state index is 11.2. The number of piperidine rings is 1. The standard InChI is InChI=1S/C20H22ClNO3/c1-25-18-7-5-14(6-8-18)19(16-3-2-4-17(21)13-16)22-11-9-15(10-12-22)20(23)24/h2-8,13,15,19H,9-12H2,1H3,(H,23,24). The molecule has 25 heavy (non-hydrogen) atoms. The van der Waals surface area contributed by atoms with Crippen molar-refractivity contribution in [3.05, 3.63) is 64.7 Å². The average molecular weight is 360 g/mol.